The molecule has 0 spiro atoms. The molecular weight excluding hydrogens is 568 g/mol. The van der Waals surface area contributed by atoms with E-state index in [2.05, 4.69) is 5.32 Å². The lowest BCUT2D eigenvalue weighted by Crippen LogP contribution is -2.69. The summed E-state index contributed by atoms with van der Waals surface area (Å²) in [7, 11) is 0. The summed E-state index contributed by atoms with van der Waals surface area (Å²) in [6, 6.07) is -1.19. The summed E-state index contributed by atoms with van der Waals surface area (Å²) in [6.07, 6.45) is -18.9. The highest BCUT2D eigenvalue weighted by molar-refractivity contribution is 5.73. The molecule has 246 valence electrons. The maximum Gasteiger partial charge on any atom is 0.217 e. The number of hydrogen-bond donors (Lipinski definition) is 10. The fraction of sp³-hybridized carbons (Fsp3) is 0.960. The lowest BCUT2D eigenvalue weighted by Gasteiger charge is -2.50. The van der Waals surface area contributed by atoms with E-state index in [9.17, 15) is 45.6 Å². The summed E-state index contributed by atoms with van der Waals surface area (Å²) in [6.45, 7) is 1.90. The SMILES string of the molecule is CC(=O)N[C@H]1[C@H](OCCCCCN)O[C@H](CO)[C@@H](O[C@@H]2O[C@H](CO)[C@H](O)[C@H](O)[C@H]2O)[C@@H]1O[C@@H]1O[C@@H](C)[C@@H](O)[C@@H](O)[C@@H]1O. The summed E-state index contributed by atoms with van der Waals surface area (Å²) in [4.78, 5) is 12.3. The van der Waals surface area contributed by atoms with Gasteiger partial charge in [0.25, 0.3) is 0 Å². The van der Waals surface area contributed by atoms with Crippen LogP contribution in [0.2, 0.25) is 0 Å². The first-order valence-electron chi connectivity index (χ1n) is 14.1. The molecule has 42 heavy (non-hydrogen) atoms. The number of unbranched alkanes of at least 4 members (excludes halogenated alkanes) is 2. The van der Waals surface area contributed by atoms with Crippen LogP contribution in [0.1, 0.15) is 33.1 Å². The highest BCUT2D eigenvalue weighted by atomic mass is 16.8. The second kappa shape index (κ2) is 16.3. The molecule has 0 radical (unpaired) electrons. The highest BCUT2D eigenvalue weighted by Crippen LogP contribution is 2.33. The van der Waals surface area contributed by atoms with E-state index in [0.29, 0.717) is 13.0 Å². The first-order chi connectivity index (χ1) is 19.9. The third kappa shape index (κ3) is 8.32. The van der Waals surface area contributed by atoms with Gasteiger partial charge in [0.05, 0.1) is 19.3 Å². The molecule has 11 N–H and O–H groups in total. The maximum atomic E-state index is 12.3. The van der Waals surface area contributed by atoms with Gasteiger partial charge in [-0.1, -0.05) is 0 Å². The van der Waals surface area contributed by atoms with Crippen LogP contribution in [0.15, 0.2) is 0 Å². The van der Waals surface area contributed by atoms with Crippen LogP contribution in [0.3, 0.4) is 0 Å². The van der Waals surface area contributed by atoms with E-state index in [1.165, 1.54) is 13.8 Å². The molecule has 17 nitrogen and oxygen atoms in total. The zero-order valence-corrected chi connectivity index (χ0v) is 23.6. The fourth-order valence-electron chi connectivity index (χ4n) is 5.15. The number of amides is 1. The minimum Gasteiger partial charge on any atom is -0.394 e. The number of nitrogens with one attached hydrogen (secondary N) is 1. The number of carbonyl (C=O) groups excluding carboxylic acids is 1. The van der Waals surface area contributed by atoms with Gasteiger partial charge < -0.3 is 80.3 Å². The van der Waals surface area contributed by atoms with Gasteiger partial charge in [0.1, 0.15) is 67.1 Å². The van der Waals surface area contributed by atoms with Crippen molar-refractivity contribution in [3.05, 3.63) is 0 Å². The van der Waals surface area contributed by atoms with Gasteiger partial charge >= 0.3 is 0 Å². The molecule has 1 amide bonds. The van der Waals surface area contributed by atoms with Gasteiger partial charge in [-0.05, 0) is 32.7 Å². The predicted octanol–water partition coefficient (Wildman–Crippen LogP) is -5.25. The minimum atomic E-state index is -1.83. The molecule has 3 aliphatic heterocycles. The van der Waals surface area contributed by atoms with Crippen LogP contribution < -0.4 is 11.1 Å². The van der Waals surface area contributed by atoms with Crippen LogP contribution in [0.4, 0.5) is 0 Å². The molecule has 0 aromatic rings. The largest absolute Gasteiger partial charge is 0.394 e. The fourth-order valence-corrected chi connectivity index (χ4v) is 5.15. The van der Waals surface area contributed by atoms with Gasteiger partial charge in [0.2, 0.25) is 5.91 Å². The smallest absolute Gasteiger partial charge is 0.217 e. The Labute approximate surface area is 243 Å². The average Bonchev–Trinajstić information content (AvgIpc) is 2.96. The van der Waals surface area contributed by atoms with Crippen molar-refractivity contribution in [2.24, 2.45) is 5.73 Å². The predicted molar refractivity (Wildman–Crippen MR) is 138 cm³/mol. The first-order valence-corrected chi connectivity index (χ1v) is 14.1. The Balaban J connectivity index is 1.94. The molecular formula is C25H46N2O15. The lowest BCUT2D eigenvalue weighted by atomic mass is 9.94. The molecule has 3 aliphatic rings. The Hall–Kier alpha value is -1.13. The van der Waals surface area contributed by atoms with E-state index in [1.807, 2.05) is 0 Å². The molecule has 0 aromatic heterocycles. The number of rotatable bonds is 13. The maximum absolute atomic E-state index is 12.3. The van der Waals surface area contributed by atoms with Gasteiger partial charge in [0, 0.05) is 13.5 Å². The molecule has 3 heterocycles. The average molecular weight is 615 g/mol. The topological polar surface area (TPSA) is 272 Å². The summed E-state index contributed by atoms with van der Waals surface area (Å²) >= 11 is 0. The van der Waals surface area contributed by atoms with E-state index in [1.54, 1.807) is 0 Å². The molecule has 17 heteroatoms. The first kappa shape index (κ1) is 35.4. The number of hydrogen-bond acceptors (Lipinski definition) is 16. The van der Waals surface area contributed by atoms with E-state index in [0.717, 1.165) is 12.8 Å². The van der Waals surface area contributed by atoms with Crippen LogP contribution in [0, 0.1) is 0 Å². The van der Waals surface area contributed by atoms with Gasteiger partial charge in [-0.25, -0.2) is 0 Å². The number of aliphatic hydroxyl groups excluding tert-OH is 8. The normalized spacial score (nSPS) is 44.6. The van der Waals surface area contributed by atoms with Crippen molar-refractivity contribution in [2.75, 3.05) is 26.4 Å². The molecule has 0 bridgehead atoms. The number of ether oxygens (including phenoxy) is 6. The summed E-state index contributed by atoms with van der Waals surface area (Å²) in [5.74, 6) is -0.545. The van der Waals surface area contributed by atoms with Crippen LogP contribution in [-0.2, 0) is 33.2 Å². The molecule has 3 fully saturated rings. The number of nitrogens with two attached hydrogens (primary N) is 1. The molecule has 15 atom stereocenters. The van der Waals surface area contributed by atoms with Crippen LogP contribution in [0.5, 0.6) is 0 Å². The van der Waals surface area contributed by atoms with E-state index >= 15 is 0 Å². The van der Waals surface area contributed by atoms with Gasteiger partial charge in [-0.15, -0.1) is 0 Å². The molecule has 0 aliphatic carbocycles. The summed E-state index contributed by atoms with van der Waals surface area (Å²) in [5, 5.41) is 84.7. The van der Waals surface area contributed by atoms with E-state index in [4.69, 9.17) is 34.2 Å². The third-order valence-corrected chi connectivity index (χ3v) is 7.57. The Morgan fingerprint density at radius 1 is 0.738 bits per heavy atom. The summed E-state index contributed by atoms with van der Waals surface area (Å²) in [5.41, 5.74) is 5.54. The number of aliphatic hydroxyl groups is 8. The Bertz CT molecular complexity index is 827. The lowest BCUT2D eigenvalue weighted by molar-refractivity contribution is -0.373. The van der Waals surface area contributed by atoms with Gasteiger partial charge in [0.15, 0.2) is 18.9 Å². The zero-order valence-electron chi connectivity index (χ0n) is 23.6. The minimum absolute atomic E-state index is 0.175. The van der Waals surface area contributed by atoms with Crippen LogP contribution in [-0.4, -0.2) is 165 Å². The Kier molecular flexibility index (Phi) is 13.7. The monoisotopic (exact) mass is 614 g/mol. The Morgan fingerprint density at radius 2 is 1.31 bits per heavy atom. The molecule has 3 rings (SSSR count). The third-order valence-electron chi connectivity index (χ3n) is 7.57. The van der Waals surface area contributed by atoms with Crippen molar-refractivity contribution >= 4 is 5.91 Å². The Morgan fingerprint density at radius 3 is 1.90 bits per heavy atom. The van der Waals surface area contributed by atoms with Gasteiger partial charge in [-0.2, -0.15) is 0 Å². The second-order valence-electron chi connectivity index (χ2n) is 10.8. The standard InChI is InChI=1S/C25H46N2O15/c1-10-15(31)17(33)19(35)24(38-10)42-22-14(27-11(2)30)23(37-7-5-3-4-6-26)40-13(9-29)21(22)41-25-20(36)18(34)16(32)12(8-28)39-25/h10,12-25,28-29,31-36H,3-9,26H2,1-2H3,(H,27,30)/t10-,12+,13+,14+,15+,16-,17+,18-,19-,20+,21+,22+,23+,24-,25-/m0/s1. The van der Waals surface area contributed by atoms with Crippen molar-refractivity contribution in [1.29, 1.82) is 0 Å². The number of carbonyl (C=O) groups is 1. The van der Waals surface area contributed by atoms with Crippen molar-refractivity contribution in [1.82, 2.24) is 5.32 Å². The van der Waals surface area contributed by atoms with E-state index in [-0.39, 0.29) is 6.61 Å². The van der Waals surface area contributed by atoms with Gasteiger partial charge in [-0.3, -0.25) is 4.79 Å². The van der Waals surface area contributed by atoms with Crippen molar-refractivity contribution in [2.45, 2.75) is 125 Å². The molecule has 0 saturated carbocycles. The van der Waals surface area contributed by atoms with Crippen molar-refractivity contribution in [3.8, 4) is 0 Å². The quantitative estimate of drug-likeness (QED) is 0.0868. The molecule has 3 saturated heterocycles. The van der Waals surface area contributed by atoms with Crippen molar-refractivity contribution < 1.29 is 74.1 Å². The molecule has 0 aromatic carbocycles. The summed E-state index contributed by atoms with van der Waals surface area (Å²) < 4.78 is 34.9. The molecule has 0 unspecified atom stereocenters. The van der Waals surface area contributed by atoms with E-state index < -0.39 is 111 Å². The van der Waals surface area contributed by atoms with Crippen molar-refractivity contribution in [3.63, 3.8) is 0 Å². The highest BCUT2D eigenvalue weighted by Gasteiger charge is 2.54. The second-order valence-corrected chi connectivity index (χ2v) is 10.8. The van der Waals surface area contributed by atoms with Crippen LogP contribution in [0.25, 0.3) is 0 Å². The van der Waals surface area contributed by atoms with Crippen LogP contribution >= 0.6 is 0 Å². The zero-order chi connectivity index (χ0) is 31.1.